The third-order valence-electron chi connectivity index (χ3n) is 4.27. The molecule has 0 atom stereocenters. The molecule has 1 heterocycles. The van der Waals surface area contributed by atoms with E-state index in [1.165, 1.54) is 16.3 Å². The van der Waals surface area contributed by atoms with E-state index in [-0.39, 0.29) is 0 Å². The fourth-order valence-corrected chi connectivity index (χ4v) is 2.97. The molecule has 25 heavy (non-hydrogen) atoms. The second-order valence-electron chi connectivity index (χ2n) is 5.89. The van der Waals surface area contributed by atoms with Gasteiger partial charge in [-0.2, -0.15) is 0 Å². The van der Waals surface area contributed by atoms with Crippen molar-refractivity contribution in [2.75, 3.05) is 11.9 Å². The van der Waals surface area contributed by atoms with E-state index in [9.17, 15) is 0 Å². The number of rotatable bonds is 4. The highest BCUT2D eigenvalue weighted by Gasteiger charge is 2.05. The maximum Gasteiger partial charge on any atom is 0.188 e. The predicted molar refractivity (Wildman–Crippen MR) is 102 cm³/mol. The lowest BCUT2D eigenvalue weighted by molar-refractivity contribution is 1.01. The predicted octanol–water partition coefficient (Wildman–Crippen LogP) is 4.99. The number of anilines is 1. The first-order chi connectivity index (χ1) is 12.3. The SMILES string of the molecule is [C-]#[N+]c1ccc2ncnc(NCCc3ccc4ccccc4c3)c2c1. The molecule has 0 bridgehead atoms. The third-order valence-corrected chi connectivity index (χ3v) is 4.27. The van der Waals surface area contributed by atoms with E-state index in [2.05, 4.69) is 62.6 Å². The molecule has 1 N–H and O–H groups in total. The Morgan fingerprint density at radius 3 is 2.68 bits per heavy atom. The van der Waals surface area contributed by atoms with Crippen LogP contribution < -0.4 is 5.32 Å². The topological polar surface area (TPSA) is 42.2 Å². The molecule has 0 fully saturated rings. The van der Waals surface area contributed by atoms with Crippen molar-refractivity contribution in [2.45, 2.75) is 6.42 Å². The molecule has 4 aromatic rings. The second-order valence-corrected chi connectivity index (χ2v) is 5.89. The standard InChI is InChI=1S/C21H16N4/c1-22-18-8-9-20-19(13-18)21(25-14-24-20)23-11-10-15-6-7-16-4-2-3-5-17(16)12-15/h2-9,12-14H,10-11H2,(H,23,24,25). The molecular weight excluding hydrogens is 308 g/mol. The van der Waals surface area contributed by atoms with E-state index in [1.807, 2.05) is 12.1 Å². The van der Waals surface area contributed by atoms with Crippen LogP contribution in [0, 0.1) is 6.57 Å². The summed E-state index contributed by atoms with van der Waals surface area (Å²) < 4.78 is 0. The Kier molecular flexibility index (Phi) is 3.97. The van der Waals surface area contributed by atoms with Crippen LogP contribution >= 0.6 is 0 Å². The Balaban J connectivity index is 1.53. The molecule has 0 saturated carbocycles. The van der Waals surface area contributed by atoms with E-state index in [0.717, 1.165) is 29.7 Å². The molecule has 0 radical (unpaired) electrons. The summed E-state index contributed by atoms with van der Waals surface area (Å²) in [4.78, 5) is 12.1. The smallest absolute Gasteiger partial charge is 0.188 e. The van der Waals surface area contributed by atoms with E-state index in [0.29, 0.717) is 5.69 Å². The maximum atomic E-state index is 7.17. The van der Waals surface area contributed by atoms with Crippen molar-refractivity contribution in [3.05, 3.63) is 84.0 Å². The van der Waals surface area contributed by atoms with Crippen molar-refractivity contribution in [1.82, 2.24) is 9.97 Å². The van der Waals surface area contributed by atoms with Gasteiger partial charge in [0, 0.05) is 11.9 Å². The van der Waals surface area contributed by atoms with Crippen LogP contribution in [0.5, 0.6) is 0 Å². The van der Waals surface area contributed by atoms with Crippen LogP contribution in [-0.2, 0) is 6.42 Å². The summed E-state index contributed by atoms with van der Waals surface area (Å²) >= 11 is 0. The average Bonchev–Trinajstić information content (AvgIpc) is 2.67. The lowest BCUT2D eigenvalue weighted by Gasteiger charge is -2.09. The first-order valence-corrected chi connectivity index (χ1v) is 8.17. The van der Waals surface area contributed by atoms with Gasteiger partial charge < -0.3 is 5.32 Å². The third kappa shape index (κ3) is 3.13. The van der Waals surface area contributed by atoms with Crippen molar-refractivity contribution in [3.63, 3.8) is 0 Å². The fraction of sp³-hybridized carbons (Fsp3) is 0.0952. The number of benzene rings is 3. The molecular formula is C21H16N4. The maximum absolute atomic E-state index is 7.17. The lowest BCUT2D eigenvalue weighted by atomic mass is 10.1. The fourth-order valence-electron chi connectivity index (χ4n) is 2.97. The van der Waals surface area contributed by atoms with Gasteiger partial charge in [0.15, 0.2) is 5.69 Å². The van der Waals surface area contributed by atoms with Gasteiger partial charge in [-0.15, -0.1) is 0 Å². The van der Waals surface area contributed by atoms with Gasteiger partial charge >= 0.3 is 0 Å². The summed E-state index contributed by atoms with van der Waals surface area (Å²) in [6, 6.07) is 20.4. The number of hydrogen-bond acceptors (Lipinski definition) is 3. The highest BCUT2D eigenvalue weighted by Crippen LogP contribution is 2.24. The van der Waals surface area contributed by atoms with Crippen LogP contribution in [0.1, 0.15) is 5.56 Å². The summed E-state index contributed by atoms with van der Waals surface area (Å²) in [6.07, 6.45) is 2.46. The van der Waals surface area contributed by atoms with Crippen LogP contribution in [0.15, 0.2) is 67.0 Å². The van der Waals surface area contributed by atoms with E-state index in [4.69, 9.17) is 6.57 Å². The Bertz CT molecular complexity index is 1100. The van der Waals surface area contributed by atoms with Crippen LogP contribution in [0.2, 0.25) is 0 Å². The number of aromatic nitrogens is 2. The Morgan fingerprint density at radius 2 is 1.80 bits per heavy atom. The van der Waals surface area contributed by atoms with E-state index < -0.39 is 0 Å². The molecule has 1 aromatic heterocycles. The van der Waals surface area contributed by atoms with Crippen molar-refractivity contribution in [2.24, 2.45) is 0 Å². The summed E-state index contributed by atoms with van der Waals surface area (Å²) in [5.74, 6) is 0.774. The Hall–Kier alpha value is -3.45. The molecule has 0 aliphatic carbocycles. The molecule has 4 rings (SSSR count). The summed E-state index contributed by atoms with van der Waals surface area (Å²) in [5, 5.41) is 6.78. The molecule has 0 aliphatic rings. The molecule has 120 valence electrons. The number of nitrogens with zero attached hydrogens (tertiary/aromatic N) is 3. The van der Waals surface area contributed by atoms with Crippen molar-refractivity contribution in [3.8, 4) is 0 Å². The van der Waals surface area contributed by atoms with Gasteiger partial charge in [-0.25, -0.2) is 14.8 Å². The summed E-state index contributed by atoms with van der Waals surface area (Å²) in [7, 11) is 0. The second kappa shape index (κ2) is 6.58. The quantitative estimate of drug-likeness (QED) is 0.538. The van der Waals surface area contributed by atoms with E-state index >= 15 is 0 Å². The minimum Gasteiger partial charge on any atom is -0.369 e. The van der Waals surface area contributed by atoms with Crippen molar-refractivity contribution in [1.29, 1.82) is 0 Å². The summed E-state index contributed by atoms with van der Waals surface area (Å²) in [6.45, 7) is 7.94. The van der Waals surface area contributed by atoms with Crippen LogP contribution in [0.3, 0.4) is 0 Å². The molecule has 0 unspecified atom stereocenters. The van der Waals surface area contributed by atoms with Crippen LogP contribution in [0.25, 0.3) is 26.5 Å². The monoisotopic (exact) mass is 324 g/mol. The molecule has 0 spiro atoms. The van der Waals surface area contributed by atoms with Gasteiger partial charge in [0.2, 0.25) is 0 Å². The number of hydrogen-bond donors (Lipinski definition) is 1. The molecule has 4 nitrogen and oxygen atoms in total. The Morgan fingerprint density at radius 1 is 0.920 bits per heavy atom. The first-order valence-electron chi connectivity index (χ1n) is 8.17. The molecule has 4 heteroatoms. The number of fused-ring (bicyclic) bond motifs is 2. The van der Waals surface area contributed by atoms with Gasteiger partial charge in [-0.3, -0.25) is 0 Å². The average molecular weight is 324 g/mol. The lowest BCUT2D eigenvalue weighted by Crippen LogP contribution is -2.07. The Labute approximate surface area is 146 Å². The zero-order chi connectivity index (χ0) is 17.1. The van der Waals surface area contributed by atoms with Crippen LogP contribution in [0.4, 0.5) is 11.5 Å². The molecule has 3 aromatic carbocycles. The normalized spacial score (nSPS) is 10.7. The van der Waals surface area contributed by atoms with Crippen molar-refractivity contribution >= 4 is 33.2 Å². The minimum absolute atomic E-state index is 0.597. The zero-order valence-electron chi connectivity index (χ0n) is 13.6. The highest BCUT2D eigenvalue weighted by molar-refractivity contribution is 5.91. The van der Waals surface area contributed by atoms with Gasteiger partial charge in [0.05, 0.1) is 12.1 Å². The molecule has 0 saturated heterocycles. The summed E-state index contributed by atoms with van der Waals surface area (Å²) in [5.41, 5.74) is 2.72. The van der Waals surface area contributed by atoms with E-state index in [1.54, 1.807) is 12.4 Å². The van der Waals surface area contributed by atoms with Crippen molar-refractivity contribution < 1.29 is 0 Å². The first kappa shape index (κ1) is 15.1. The number of nitrogens with one attached hydrogen (secondary N) is 1. The molecule has 0 amide bonds. The van der Waals surface area contributed by atoms with Gasteiger partial charge in [0.1, 0.15) is 12.1 Å². The largest absolute Gasteiger partial charge is 0.369 e. The van der Waals surface area contributed by atoms with Gasteiger partial charge in [-0.1, -0.05) is 48.5 Å². The van der Waals surface area contributed by atoms with Crippen LogP contribution in [-0.4, -0.2) is 16.5 Å². The molecule has 0 aliphatic heterocycles. The highest BCUT2D eigenvalue weighted by atomic mass is 15.0. The van der Waals surface area contributed by atoms with Gasteiger partial charge in [0.25, 0.3) is 0 Å². The minimum atomic E-state index is 0.597. The zero-order valence-corrected chi connectivity index (χ0v) is 13.6. The van der Waals surface area contributed by atoms with Gasteiger partial charge in [-0.05, 0) is 34.9 Å².